The Hall–Kier alpha value is -1.69. The Kier molecular flexibility index (Phi) is 2.51. The van der Waals surface area contributed by atoms with E-state index in [0.29, 0.717) is 21.1 Å². The number of benzene rings is 1. The number of nitrogens with zero attached hydrogens (tertiary/aromatic N) is 2. The number of fused-ring (bicyclic) bond motifs is 1. The molecule has 2 aromatic rings. The molecule has 6 heteroatoms. The largest absolute Gasteiger partial charge is 0.478 e. The van der Waals surface area contributed by atoms with E-state index in [2.05, 4.69) is 30.9 Å². The first-order chi connectivity index (χ1) is 7.16. The maximum Gasteiger partial charge on any atom is 0.328 e. The van der Waals surface area contributed by atoms with Gasteiger partial charge in [0.25, 0.3) is 0 Å². The molecule has 0 amide bonds. The molecule has 0 aliphatic carbocycles. The molecule has 0 radical (unpaired) electrons. The quantitative estimate of drug-likeness (QED) is 0.844. The molecule has 0 bridgehead atoms. The molecule has 1 heterocycles. The van der Waals surface area contributed by atoms with Gasteiger partial charge in [0, 0.05) is 10.5 Å². The lowest BCUT2D eigenvalue weighted by Gasteiger charge is -1.94. The van der Waals surface area contributed by atoms with E-state index in [1.807, 2.05) is 0 Å². The van der Waals surface area contributed by atoms with Crippen molar-refractivity contribution in [2.24, 2.45) is 0 Å². The van der Waals surface area contributed by atoms with Crippen LogP contribution in [0, 0.1) is 0 Å². The van der Waals surface area contributed by atoms with Gasteiger partial charge in [0.15, 0.2) is 0 Å². The number of hydrogen-bond donors (Lipinski definition) is 1. The number of aromatic nitrogens is 2. The molecule has 0 fully saturated rings. The van der Waals surface area contributed by atoms with Crippen LogP contribution in [0.5, 0.6) is 0 Å². The highest BCUT2D eigenvalue weighted by Gasteiger charge is 2.05. The lowest BCUT2D eigenvalue weighted by atomic mass is 10.2. The van der Waals surface area contributed by atoms with Crippen LogP contribution in [0.25, 0.3) is 17.1 Å². The third-order valence-corrected chi connectivity index (χ3v) is 2.36. The van der Waals surface area contributed by atoms with E-state index in [1.54, 1.807) is 12.1 Å². The zero-order valence-corrected chi connectivity index (χ0v) is 8.93. The number of aliphatic carboxylic acids is 1. The highest BCUT2D eigenvalue weighted by molar-refractivity contribution is 9.10. The summed E-state index contributed by atoms with van der Waals surface area (Å²) in [6, 6.07) is 3.43. The zero-order valence-electron chi connectivity index (χ0n) is 7.35. The first-order valence-corrected chi connectivity index (χ1v) is 4.79. The second kappa shape index (κ2) is 3.82. The maximum atomic E-state index is 10.3. The van der Waals surface area contributed by atoms with Crippen LogP contribution in [-0.4, -0.2) is 21.4 Å². The summed E-state index contributed by atoms with van der Waals surface area (Å²) in [5.74, 6) is -0.996. The standard InChI is InChI=1S/C9H5BrN2O3/c10-6-3-5(1-2-8(13)14)4-7-9(6)12-15-11-7/h1-4H,(H,13,14). The van der Waals surface area contributed by atoms with Gasteiger partial charge in [0.1, 0.15) is 11.0 Å². The SMILES string of the molecule is O=C(O)C=Cc1cc(Br)c2nonc2c1. The smallest absolute Gasteiger partial charge is 0.328 e. The predicted octanol–water partition coefficient (Wildman–Crippen LogP) is 2.08. The Morgan fingerprint density at radius 3 is 3.00 bits per heavy atom. The van der Waals surface area contributed by atoms with Gasteiger partial charge < -0.3 is 5.11 Å². The van der Waals surface area contributed by atoms with Crippen LogP contribution < -0.4 is 0 Å². The summed E-state index contributed by atoms with van der Waals surface area (Å²) in [6.45, 7) is 0. The summed E-state index contributed by atoms with van der Waals surface area (Å²) in [7, 11) is 0. The van der Waals surface area contributed by atoms with Crippen molar-refractivity contribution in [1.29, 1.82) is 0 Å². The van der Waals surface area contributed by atoms with Crippen LogP contribution in [0.2, 0.25) is 0 Å². The fourth-order valence-corrected chi connectivity index (χ4v) is 1.67. The maximum absolute atomic E-state index is 10.3. The minimum atomic E-state index is -0.996. The second-order valence-electron chi connectivity index (χ2n) is 2.81. The summed E-state index contributed by atoms with van der Waals surface area (Å²) >= 11 is 3.29. The fourth-order valence-electron chi connectivity index (χ4n) is 1.13. The first-order valence-electron chi connectivity index (χ1n) is 3.99. The normalized spacial score (nSPS) is 11.3. The second-order valence-corrected chi connectivity index (χ2v) is 3.66. The molecule has 0 unspecified atom stereocenters. The molecule has 5 nitrogen and oxygen atoms in total. The van der Waals surface area contributed by atoms with Crippen LogP contribution in [0.1, 0.15) is 5.56 Å². The Bertz CT molecular complexity index is 547. The minimum absolute atomic E-state index is 0.578. The highest BCUT2D eigenvalue weighted by Crippen LogP contribution is 2.23. The molecular weight excluding hydrogens is 264 g/mol. The van der Waals surface area contributed by atoms with Crippen molar-refractivity contribution in [3.8, 4) is 0 Å². The Labute approximate surface area is 92.5 Å². The molecule has 2 rings (SSSR count). The number of hydrogen-bond acceptors (Lipinski definition) is 4. The fraction of sp³-hybridized carbons (Fsp3) is 0. The average Bonchev–Trinajstić information content (AvgIpc) is 2.63. The topological polar surface area (TPSA) is 76.2 Å². The molecule has 0 atom stereocenters. The number of carboxylic acids is 1. The van der Waals surface area contributed by atoms with E-state index in [-0.39, 0.29) is 0 Å². The van der Waals surface area contributed by atoms with Crippen molar-refractivity contribution >= 4 is 39.0 Å². The molecule has 0 saturated heterocycles. The van der Waals surface area contributed by atoms with Crippen molar-refractivity contribution in [1.82, 2.24) is 10.3 Å². The van der Waals surface area contributed by atoms with E-state index in [9.17, 15) is 4.79 Å². The van der Waals surface area contributed by atoms with Gasteiger partial charge >= 0.3 is 5.97 Å². The van der Waals surface area contributed by atoms with E-state index >= 15 is 0 Å². The van der Waals surface area contributed by atoms with Crippen molar-refractivity contribution in [3.05, 3.63) is 28.2 Å². The summed E-state index contributed by atoms with van der Waals surface area (Å²) in [6.07, 6.45) is 2.53. The first kappa shape index (κ1) is 9.85. The van der Waals surface area contributed by atoms with Crippen LogP contribution in [0.4, 0.5) is 0 Å². The van der Waals surface area contributed by atoms with Crippen LogP contribution >= 0.6 is 15.9 Å². The number of carboxylic acid groups (broad SMARTS) is 1. The van der Waals surface area contributed by atoms with Gasteiger partial charge in [0.2, 0.25) is 0 Å². The number of carbonyl (C=O) groups is 1. The third kappa shape index (κ3) is 2.04. The third-order valence-electron chi connectivity index (χ3n) is 1.76. The zero-order chi connectivity index (χ0) is 10.8. The lowest BCUT2D eigenvalue weighted by Crippen LogP contribution is -1.86. The van der Waals surface area contributed by atoms with Crippen molar-refractivity contribution in [2.45, 2.75) is 0 Å². The van der Waals surface area contributed by atoms with Crippen molar-refractivity contribution in [3.63, 3.8) is 0 Å². The molecule has 1 aromatic carbocycles. The molecule has 1 aromatic heterocycles. The van der Waals surface area contributed by atoms with Gasteiger partial charge in [-0.2, -0.15) is 0 Å². The molecule has 1 N–H and O–H groups in total. The van der Waals surface area contributed by atoms with Crippen LogP contribution in [-0.2, 0) is 4.79 Å². The van der Waals surface area contributed by atoms with Gasteiger partial charge in [-0.15, -0.1) is 0 Å². The Morgan fingerprint density at radius 2 is 2.27 bits per heavy atom. The van der Waals surface area contributed by atoms with E-state index in [0.717, 1.165) is 6.08 Å². The molecule has 15 heavy (non-hydrogen) atoms. The lowest BCUT2D eigenvalue weighted by molar-refractivity contribution is -0.131. The number of halogens is 1. The van der Waals surface area contributed by atoms with Crippen molar-refractivity contribution < 1.29 is 14.5 Å². The average molecular weight is 269 g/mol. The Morgan fingerprint density at radius 1 is 1.47 bits per heavy atom. The Balaban J connectivity index is 2.49. The molecule has 76 valence electrons. The van der Waals surface area contributed by atoms with Gasteiger partial charge in [-0.1, -0.05) is 0 Å². The van der Waals surface area contributed by atoms with Gasteiger partial charge in [-0.05, 0) is 50.0 Å². The highest BCUT2D eigenvalue weighted by atomic mass is 79.9. The summed E-state index contributed by atoms with van der Waals surface area (Å²) < 4.78 is 5.27. The molecule has 0 aliphatic heterocycles. The van der Waals surface area contributed by atoms with Gasteiger partial charge in [-0.25, -0.2) is 9.42 Å². The van der Waals surface area contributed by atoms with Gasteiger partial charge in [-0.3, -0.25) is 0 Å². The summed E-state index contributed by atoms with van der Waals surface area (Å²) in [4.78, 5) is 10.3. The summed E-state index contributed by atoms with van der Waals surface area (Å²) in [5.41, 5.74) is 1.91. The van der Waals surface area contributed by atoms with Crippen molar-refractivity contribution in [2.75, 3.05) is 0 Å². The predicted molar refractivity (Wildman–Crippen MR) is 56.2 cm³/mol. The minimum Gasteiger partial charge on any atom is -0.478 e. The summed E-state index contributed by atoms with van der Waals surface area (Å²) in [5, 5.41) is 15.8. The van der Waals surface area contributed by atoms with E-state index in [4.69, 9.17) is 5.11 Å². The molecular formula is C9H5BrN2O3. The van der Waals surface area contributed by atoms with E-state index < -0.39 is 5.97 Å². The van der Waals surface area contributed by atoms with Gasteiger partial charge in [0.05, 0.1) is 0 Å². The molecule has 0 spiro atoms. The van der Waals surface area contributed by atoms with Crippen LogP contribution in [0.15, 0.2) is 27.3 Å². The molecule has 0 aliphatic rings. The monoisotopic (exact) mass is 268 g/mol. The van der Waals surface area contributed by atoms with E-state index in [1.165, 1.54) is 6.08 Å². The molecule has 0 saturated carbocycles. The van der Waals surface area contributed by atoms with Crippen LogP contribution in [0.3, 0.4) is 0 Å². The number of rotatable bonds is 2.